The Bertz CT molecular complexity index is 748. The first-order valence-electron chi connectivity index (χ1n) is 7.01. The minimum atomic E-state index is -3.53. The first-order chi connectivity index (χ1) is 10.9. The first-order valence-corrected chi connectivity index (χ1v) is 8.55. The highest BCUT2D eigenvalue weighted by atomic mass is 31.2. The number of aromatic nitrogens is 2. The van der Waals surface area contributed by atoms with Crippen molar-refractivity contribution < 1.29 is 22.8 Å². The Labute approximate surface area is 130 Å². The summed E-state index contributed by atoms with van der Waals surface area (Å²) in [6.45, 7) is 3.61. The maximum Gasteiger partial charge on any atom is 0.378 e. The van der Waals surface area contributed by atoms with Crippen LogP contribution in [0.4, 0.5) is 4.39 Å². The van der Waals surface area contributed by atoms with Crippen molar-refractivity contribution in [2.75, 3.05) is 13.2 Å². The Morgan fingerprint density at radius 2 is 2.09 bits per heavy atom. The molecule has 128 valence electrons. The van der Waals surface area contributed by atoms with Crippen LogP contribution in [0.25, 0.3) is 0 Å². The van der Waals surface area contributed by atoms with Gasteiger partial charge in [-0.2, -0.15) is 4.39 Å². The van der Waals surface area contributed by atoms with Crippen molar-refractivity contribution in [3.63, 3.8) is 0 Å². The van der Waals surface area contributed by atoms with Crippen LogP contribution < -0.4 is 11.2 Å². The predicted octanol–water partition coefficient (Wildman–Crippen LogP) is 1.04. The molecule has 1 atom stereocenters. The molecule has 9 nitrogen and oxygen atoms in total. The second-order valence-corrected chi connectivity index (χ2v) is 6.69. The zero-order valence-electron chi connectivity index (χ0n) is 12.7. The highest BCUT2D eigenvalue weighted by Gasteiger charge is 2.38. The summed E-state index contributed by atoms with van der Waals surface area (Å²) in [6, 6.07) is 0. The molecule has 2 heterocycles. The number of aromatic amines is 1. The molecule has 1 aromatic rings. The lowest BCUT2D eigenvalue weighted by Gasteiger charge is -2.15. The SMILES string of the molecule is CCOP(=O)(OCC)C1=NOC(Cn2cc(F)c(=O)[nH]c2=O)C1. The van der Waals surface area contributed by atoms with Gasteiger partial charge in [0.15, 0.2) is 11.6 Å². The lowest BCUT2D eigenvalue weighted by Crippen LogP contribution is -2.34. The van der Waals surface area contributed by atoms with E-state index in [1.54, 1.807) is 13.8 Å². The summed E-state index contributed by atoms with van der Waals surface area (Å²) in [5.41, 5.74) is -1.75. The highest BCUT2D eigenvalue weighted by Crippen LogP contribution is 2.52. The van der Waals surface area contributed by atoms with Gasteiger partial charge in [0.05, 0.1) is 26.0 Å². The van der Waals surface area contributed by atoms with Crippen molar-refractivity contribution >= 4 is 13.0 Å². The van der Waals surface area contributed by atoms with E-state index in [2.05, 4.69) is 5.16 Å². The number of rotatable bonds is 7. The Morgan fingerprint density at radius 3 is 2.70 bits per heavy atom. The molecule has 1 N–H and O–H groups in total. The van der Waals surface area contributed by atoms with E-state index in [0.29, 0.717) is 0 Å². The van der Waals surface area contributed by atoms with Crippen molar-refractivity contribution in [3.05, 3.63) is 32.9 Å². The van der Waals surface area contributed by atoms with Gasteiger partial charge in [0.2, 0.25) is 5.82 Å². The minimum absolute atomic E-state index is 0.0716. The van der Waals surface area contributed by atoms with Gasteiger partial charge >= 0.3 is 13.3 Å². The van der Waals surface area contributed by atoms with E-state index in [-0.39, 0.29) is 31.6 Å². The van der Waals surface area contributed by atoms with Crippen LogP contribution in [0.3, 0.4) is 0 Å². The van der Waals surface area contributed by atoms with E-state index in [0.717, 1.165) is 10.8 Å². The summed E-state index contributed by atoms with van der Waals surface area (Å²) >= 11 is 0. The van der Waals surface area contributed by atoms with Gasteiger partial charge in [-0.25, -0.2) is 4.79 Å². The summed E-state index contributed by atoms with van der Waals surface area (Å²) in [5, 5.41) is 3.71. The maximum absolute atomic E-state index is 13.2. The number of hydrogen-bond donors (Lipinski definition) is 1. The van der Waals surface area contributed by atoms with E-state index in [1.807, 2.05) is 4.98 Å². The molecule has 0 fully saturated rings. The van der Waals surface area contributed by atoms with Gasteiger partial charge < -0.3 is 13.9 Å². The molecular weight excluding hydrogens is 332 g/mol. The van der Waals surface area contributed by atoms with Crippen LogP contribution in [0.15, 0.2) is 20.9 Å². The minimum Gasteiger partial charge on any atom is -0.390 e. The van der Waals surface area contributed by atoms with Crippen LogP contribution in [0.2, 0.25) is 0 Å². The van der Waals surface area contributed by atoms with Gasteiger partial charge in [0, 0.05) is 6.42 Å². The molecule has 0 aromatic carbocycles. The van der Waals surface area contributed by atoms with Crippen molar-refractivity contribution in [2.24, 2.45) is 5.16 Å². The van der Waals surface area contributed by atoms with E-state index in [9.17, 15) is 18.5 Å². The third kappa shape index (κ3) is 3.95. The van der Waals surface area contributed by atoms with Crippen LogP contribution in [0.5, 0.6) is 0 Å². The van der Waals surface area contributed by atoms with Crippen LogP contribution >= 0.6 is 7.60 Å². The maximum atomic E-state index is 13.2. The molecule has 1 aromatic heterocycles. The number of H-pyrrole nitrogens is 1. The molecule has 2 rings (SSSR count). The fourth-order valence-corrected chi connectivity index (χ4v) is 3.66. The van der Waals surface area contributed by atoms with E-state index < -0.39 is 30.8 Å². The van der Waals surface area contributed by atoms with Gasteiger partial charge in [-0.05, 0) is 13.8 Å². The highest BCUT2D eigenvalue weighted by molar-refractivity contribution is 7.72. The molecule has 0 radical (unpaired) electrons. The van der Waals surface area contributed by atoms with Crippen LogP contribution in [-0.2, 0) is 25.0 Å². The molecular formula is C12H17FN3O6P. The van der Waals surface area contributed by atoms with Crippen molar-refractivity contribution in [3.8, 4) is 0 Å². The van der Waals surface area contributed by atoms with Gasteiger partial charge in [-0.15, -0.1) is 0 Å². The summed E-state index contributed by atoms with van der Waals surface area (Å²) < 4.78 is 37.1. The Kier molecular flexibility index (Phi) is 5.51. The largest absolute Gasteiger partial charge is 0.390 e. The summed E-state index contributed by atoms with van der Waals surface area (Å²) in [4.78, 5) is 29.6. The normalized spacial score (nSPS) is 17.9. The Balaban J connectivity index is 2.10. The quantitative estimate of drug-likeness (QED) is 0.736. The molecule has 0 bridgehead atoms. The number of nitrogens with zero attached hydrogens (tertiary/aromatic N) is 2. The molecule has 1 aliphatic rings. The molecule has 23 heavy (non-hydrogen) atoms. The van der Waals surface area contributed by atoms with Crippen molar-refractivity contribution in [1.29, 1.82) is 0 Å². The van der Waals surface area contributed by atoms with Crippen LogP contribution in [0, 0.1) is 5.82 Å². The molecule has 0 aliphatic carbocycles. The molecule has 0 saturated heterocycles. The summed E-state index contributed by atoms with van der Waals surface area (Å²) in [5.74, 6) is -1.09. The van der Waals surface area contributed by atoms with Gasteiger partial charge in [-0.3, -0.25) is 18.9 Å². The molecule has 1 aliphatic heterocycles. The van der Waals surface area contributed by atoms with E-state index >= 15 is 0 Å². The topological polar surface area (TPSA) is 112 Å². The smallest absolute Gasteiger partial charge is 0.378 e. The average Bonchev–Trinajstić information content (AvgIpc) is 2.94. The van der Waals surface area contributed by atoms with Crippen molar-refractivity contribution in [1.82, 2.24) is 9.55 Å². The summed E-state index contributed by atoms with van der Waals surface area (Å²) in [6.07, 6.45) is 0.236. The van der Waals surface area contributed by atoms with Crippen LogP contribution in [-0.4, -0.2) is 34.3 Å². The molecule has 0 saturated carbocycles. The second-order valence-electron chi connectivity index (χ2n) is 4.66. The summed E-state index contributed by atoms with van der Waals surface area (Å²) in [7, 11) is -3.53. The monoisotopic (exact) mass is 349 g/mol. The van der Waals surface area contributed by atoms with Crippen LogP contribution in [0.1, 0.15) is 20.3 Å². The Hall–Kier alpha value is -1.77. The number of halogens is 1. The fourth-order valence-electron chi connectivity index (χ4n) is 2.04. The third-order valence-electron chi connectivity index (χ3n) is 3.00. The van der Waals surface area contributed by atoms with E-state index in [1.165, 1.54) is 0 Å². The number of oxime groups is 1. The van der Waals surface area contributed by atoms with Crippen molar-refractivity contribution in [2.45, 2.75) is 32.9 Å². The lowest BCUT2D eigenvalue weighted by atomic mass is 10.3. The zero-order chi connectivity index (χ0) is 17.0. The second kappa shape index (κ2) is 7.20. The standard InChI is InChI=1S/C12H17FN3O6P/c1-3-20-23(19,21-4-2)10-5-8(22-15-10)6-16-7-9(13)11(17)14-12(16)18/h7-8H,3-6H2,1-2H3,(H,14,17,18). The molecule has 1 unspecified atom stereocenters. The third-order valence-corrected chi connectivity index (χ3v) is 5.09. The lowest BCUT2D eigenvalue weighted by molar-refractivity contribution is 0.0711. The Morgan fingerprint density at radius 1 is 1.43 bits per heavy atom. The molecule has 11 heteroatoms. The van der Waals surface area contributed by atoms with Gasteiger partial charge in [0.1, 0.15) is 0 Å². The van der Waals surface area contributed by atoms with Gasteiger partial charge in [0.25, 0.3) is 5.56 Å². The van der Waals surface area contributed by atoms with E-state index in [4.69, 9.17) is 13.9 Å². The predicted molar refractivity (Wildman–Crippen MR) is 79.1 cm³/mol. The number of hydrogen-bond acceptors (Lipinski definition) is 7. The number of nitrogens with one attached hydrogen (secondary N) is 1. The molecule has 0 spiro atoms. The molecule has 0 amide bonds. The zero-order valence-corrected chi connectivity index (χ0v) is 13.5. The fraction of sp³-hybridized carbons (Fsp3) is 0.583. The first kappa shape index (κ1) is 17.6. The van der Waals surface area contributed by atoms with Gasteiger partial charge in [-0.1, -0.05) is 5.16 Å². The average molecular weight is 349 g/mol.